The molecular formula is C12H13IO5. The van der Waals surface area contributed by atoms with Gasteiger partial charge in [-0.25, -0.2) is 4.79 Å². The van der Waals surface area contributed by atoms with Crippen LogP contribution in [0.4, 0.5) is 0 Å². The zero-order chi connectivity index (χ0) is 13.5. The standard InChI is InChI=1S/C12H13IO5/c1-17-10-7-8(2-3-11(15)16)6-9(13)12(10)18-5-4-14/h2-3,6-7,14H,4-5H2,1H3,(H,15,16)/b3-2+. The van der Waals surface area contributed by atoms with Crippen LogP contribution in [-0.4, -0.2) is 36.5 Å². The van der Waals surface area contributed by atoms with Crippen molar-refractivity contribution in [2.45, 2.75) is 0 Å². The molecule has 0 saturated carbocycles. The van der Waals surface area contributed by atoms with E-state index in [1.807, 2.05) is 0 Å². The van der Waals surface area contributed by atoms with E-state index in [2.05, 4.69) is 22.6 Å². The molecule has 0 saturated heterocycles. The molecule has 18 heavy (non-hydrogen) atoms. The van der Waals surface area contributed by atoms with E-state index in [1.54, 1.807) is 12.1 Å². The smallest absolute Gasteiger partial charge is 0.328 e. The van der Waals surface area contributed by atoms with E-state index in [9.17, 15) is 4.79 Å². The van der Waals surface area contributed by atoms with E-state index < -0.39 is 5.97 Å². The van der Waals surface area contributed by atoms with Gasteiger partial charge in [0.15, 0.2) is 11.5 Å². The van der Waals surface area contributed by atoms with Crippen molar-refractivity contribution in [1.82, 2.24) is 0 Å². The molecule has 1 aromatic rings. The number of methoxy groups -OCH3 is 1. The number of aliphatic hydroxyl groups excluding tert-OH is 1. The number of carboxylic acid groups (broad SMARTS) is 1. The molecule has 0 radical (unpaired) electrons. The summed E-state index contributed by atoms with van der Waals surface area (Å²) < 4.78 is 11.3. The van der Waals surface area contributed by atoms with Crippen LogP contribution < -0.4 is 9.47 Å². The minimum atomic E-state index is -1.01. The van der Waals surface area contributed by atoms with Crippen molar-refractivity contribution in [3.63, 3.8) is 0 Å². The number of aliphatic hydroxyl groups is 1. The molecule has 1 aromatic carbocycles. The van der Waals surface area contributed by atoms with Crippen molar-refractivity contribution in [2.24, 2.45) is 0 Å². The normalized spacial score (nSPS) is 10.6. The Balaban J connectivity index is 3.06. The molecule has 0 bridgehead atoms. The number of aliphatic carboxylic acids is 1. The van der Waals surface area contributed by atoms with E-state index in [4.69, 9.17) is 19.7 Å². The molecule has 0 atom stereocenters. The summed E-state index contributed by atoms with van der Waals surface area (Å²) in [5.74, 6) is 0.0320. The number of hydrogen-bond acceptors (Lipinski definition) is 4. The fourth-order valence-electron chi connectivity index (χ4n) is 1.29. The Morgan fingerprint density at radius 2 is 2.22 bits per heavy atom. The topological polar surface area (TPSA) is 76.0 Å². The summed E-state index contributed by atoms with van der Waals surface area (Å²) in [5.41, 5.74) is 0.704. The lowest BCUT2D eigenvalue weighted by atomic mass is 10.2. The lowest BCUT2D eigenvalue weighted by Crippen LogP contribution is -2.04. The number of rotatable bonds is 6. The first-order valence-electron chi connectivity index (χ1n) is 5.10. The van der Waals surface area contributed by atoms with E-state index in [0.29, 0.717) is 17.1 Å². The summed E-state index contributed by atoms with van der Waals surface area (Å²) in [6.45, 7) is 0.0938. The maximum Gasteiger partial charge on any atom is 0.328 e. The molecule has 0 unspecified atom stereocenters. The summed E-state index contributed by atoms with van der Waals surface area (Å²) in [6, 6.07) is 3.45. The SMILES string of the molecule is COc1cc(/C=C/C(=O)O)cc(I)c1OCCO. The zero-order valence-corrected chi connectivity index (χ0v) is 11.9. The highest BCUT2D eigenvalue weighted by Gasteiger charge is 2.10. The summed E-state index contributed by atoms with van der Waals surface area (Å²) in [6.07, 6.45) is 2.53. The van der Waals surface area contributed by atoms with Gasteiger partial charge in [0.05, 0.1) is 17.3 Å². The summed E-state index contributed by atoms with van der Waals surface area (Å²) in [7, 11) is 1.50. The average molecular weight is 364 g/mol. The van der Waals surface area contributed by atoms with Crippen LogP contribution >= 0.6 is 22.6 Å². The Hall–Kier alpha value is -1.28. The number of carbonyl (C=O) groups is 1. The summed E-state index contributed by atoms with van der Waals surface area (Å²) in [4.78, 5) is 10.4. The molecule has 98 valence electrons. The second-order valence-corrected chi connectivity index (χ2v) is 4.44. The van der Waals surface area contributed by atoms with Gasteiger partial charge in [-0.2, -0.15) is 0 Å². The number of benzene rings is 1. The number of carboxylic acids is 1. The van der Waals surface area contributed by atoms with Crippen molar-refractivity contribution in [2.75, 3.05) is 20.3 Å². The predicted octanol–water partition coefficient (Wildman–Crippen LogP) is 1.77. The molecule has 0 heterocycles. The van der Waals surface area contributed by atoms with Crippen LogP contribution in [0.5, 0.6) is 11.5 Å². The quantitative estimate of drug-likeness (QED) is 0.595. The molecule has 0 aliphatic rings. The molecule has 1 rings (SSSR count). The minimum absolute atomic E-state index is 0.0834. The second-order valence-electron chi connectivity index (χ2n) is 3.28. The summed E-state index contributed by atoms with van der Waals surface area (Å²) >= 11 is 2.06. The molecule has 5 nitrogen and oxygen atoms in total. The van der Waals surface area contributed by atoms with Crippen LogP contribution in [0.25, 0.3) is 6.08 Å². The molecule has 0 amide bonds. The molecule has 2 N–H and O–H groups in total. The zero-order valence-electron chi connectivity index (χ0n) is 9.72. The van der Waals surface area contributed by atoms with Gasteiger partial charge in [0.25, 0.3) is 0 Å². The Bertz CT molecular complexity index is 456. The first-order valence-corrected chi connectivity index (χ1v) is 6.18. The Labute approximate surface area is 118 Å². The average Bonchev–Trinajstić information content (AvgIpc) is 2.34. The van der Waals surface area contributed by atoms with Gasteiger partial charge < -0.3 is 19.7 Å². The lowest BCUT2D eigenvalue weighted by molar-refractivity contribution is -0.131. The maximum absolute atomic E-state index is 10.4. The number of halogens is 1. The van der Waals surface area contributed by atoms with Gasteiger partial charge in [0.2, 0.25) is 0 Å². The van der Waals surface area contributed by atoms with Crippen LogP contribution in [0, 0.1) is 3.57 Å². The van der Waals surface area contributed by atoms with Gasteiger partial charge in [-0.3, -0.25) is 0 Å². The van der Waals surface area contributed by atoms with Crippen molar-refractivity contribution in [3.05, 3.63) is 27.3 Å². The van der Waals surface area contributed by atoms with E-state index in [0.717, 1.165) is 9.65 Å². The largest absolute Gasteiger partial charge is 0.493 e. The Morgan fingerprint density at radius 1 is 1.50 bits per heavy atom. The number of hydrogen-bond donors (Lipinski definition) is 2. The first-order chi connectivity index (χ1) is 8.58. The van der Waals surface area contributed by atoms with Gasteiger partial charge >= 0.3 is 5.97 Å². The van der Waals surface area contributed by atoms with E-state index in [1.165, 1.54) is 13.2 Å². The minimum Gasteiger partial charge on any atom is -0.493 e. The third-order valence-corrected chi connectivity index (χ3v) is 2.81. The highest BCUT2D eigenvalue weighted by atomic mass is 127. The third kappa shape index (κ3) is 4.19. The second kappa shape index (κ2) is 7.22. The van der Waals surface area contributed by atoms with Crippen LogP contribution in [0.1, 0.15) is 5.56 Å². The van der Waals surface area contributed by atoms with Crippen LogP contribution in [-0.2, 0) is 4.79 Å². The molecule has 0 aromatic heterocycles. The molecule has 0 fully saturated rings. The molecule has 0 aliphatic heterocycles. The highest BCUT2D eigenvalue weighted by Crippen LogP contribution is 2.34. The molecular weight excluding hydrogens is 351 g/mol. The molecule has 6 heteroatoms. The van der Waals surface area contributed by atoms with Crippen molar-refractivity contribution in [1.29, 1.82) is 0 Å². The molecule has 0 aliphatic carbocycles. The van der Waals surface area contributed by atoms with Gasteiger partial charge in [0, 0.05) is 6.08 Å². The van der Waals surface area contributed by atoms with Crippen LogP contribution in [0.15, 0.2) is 18.2 Å². The van der Waals surface area contributed by atoms with Gasteiger partial charge in [-0.05, 0) is 46.4 Å². The monoisotopic (exact) mass is 364 g/mol. The Kier molecular flexibility index (Phi) is 5.93. The van der Waals surface area contributed by atoms with Crippen molar-refractivity contribution < 1.29 is 24.5 Å². The fraction of sp³-hybridized carbons (Fsp3) is 0.250. The van der Waals surface area contributed by atoms with Crippen molar-refractivity contribution in [3.8, 4) is 11.5 Å². The third-order valence-electron chi connectivity index (χ3n) is 2.01. The fourth-order valence-corrected chi connectivity index (χ4v) is 2.07. The lowest BCUT2D eigenvalue weighted by Gasteiger charge is -2.12. The van der Waals surface area contributed by atoms with Gasteiger partial charge in [-0.15, -0.1) is 0 Å². The Morgan fingerprint density at radius 3 is 2.78 bits per heavy atom. The van der Waals surface area contributed by atoms with Crippen molar-refractivity contribution >= 4 is 34.6 Å². The molecule has 0 spiro atoms. The van der Waals surface area contributed by atoms with Gasteiger partial charge in [-0.1, -0.05) is 0 Å². The van der Waals surface area contributed by atoms with E-state index >= 15 is 0 Å². The van der Waals surface area contributed by atoms with Gasteiger partial charge in [0.1, 0.15) is 6.61 Å². The highest BCUT2D eigenvalue weighted by molar-refractivity contribution is 14.1. The van der Waals surface area contributed by atoms with E-state index in [-0.39, 0.29) is 13.2 Å². The predicted molar refractivity (Wildman–Crippen MR) is 75.0 cm³/mol. The first kappa shape index (κ1) is 14.8. The van der Waals surface area contributed by atoms with Crippen LogP contribution in [0.2, 0.25) is 0 Å². The number of ether oxygens (including phenoxy) is 2. The summed E-state index contributed by atoms with van der Waals surface area (Å²) in [5, 5.41) is 17.3. The van der Waals surface area contributed by atoms with Crippen LogP contribution in [0.3, 0.4) is 0 Å². The maximum atomic E-state index is 10.4.